The van der Waals surface area contributed by atoms with E-state index in [1.54, 1.807) is 63.6 Å². The van der Waals surface area contributed by atoms with Crippen molar-refractivity contribution in [3.05, 3.63) is 65.4 Å². The van der Waals surface area contributed by atoms with Crippen LogP contribution < -0.4 is 14.8 Å². The molecule has 0 aliphatic heterocycles. The van der Waals surface area contributed by atoms with E-state index in [2.05, 4.69) is 5.32 Å². The molecule has 2 aromatic carbocycles. The number of hydrogen-bond acceptors (Lipinski definition) is 5. The van der Waals surface area contributed by atoms with Crippen molar-refractivity contribution < 1.29 is 28.6 Å². The van der Waals surface area contributed by atoms with Gasteiger partial charge in [0.25, 0.3) is 0 Å². The van der Waals surface area contributed by atoms with Gasteiger partial charge in [-0.25, -0.2) is 4.79 Å². The fraction of sp³-hybridized carbons (Fsp3) is 0.182. The fourth-order valence-electron chi connectivity index (χ4n) is 2.93. The molecule has 1 heterocycles. The van der Waals surface area contributed by atoms with E-state index in [0.717, 1.165) is 11.1 Å². The van der Waals surface area contributed by atoms with Crippen molar-refractivity contribution in [3.63, 3.8) is 0 Å². The van der Waals surface area contributed by atoms with Crippen LogP contribution in [-0.2, 0) is 11.2 Å². The van der Waals surface area contributed by atoms with Crippen LogP contribution >= 0.6 is 0 Å². The lowest BCUT2D eigenvalue weighted by Crippen LogP contribution is -2.14. The molecule has 1 aromatic heterocycles. The average molecular weight is 395 g/mol. The van der Waals surface area contributed by atoms with Crippen LogP contribution in [0.2, 0.25) is 0 Å². The number of anilines is 1. The van der Waals surface area contributed by atoms with Gasteiger partial charge < -0.3 is 24.3 Å². The molecule has 3 rings (SSSR count). The second-order valence-electron chi connectivity index (χ2n) is 6.37. The number of ether oxygens (including phenoxy) is 2. The van der Waals surface area contributed by atoms with Gasteiger partial charge in [-0.15, -0.1) is 0 Å². The van der Waals surface area contributed by atoms with Gasteiger partial charge in [0.2, 0.25) is 5.91 Å². The number of aryl methyl sites for hydroxylation is 1. The van der Waals surface area contributed by atoms with Crippen LogP contribution in [0.4, 0.5) is 5.69 Å². The Morgan fingerprint density at radius 3 is 2.34 bits per heavy atom. The monoisotopic (exact) mass is 395 g/mol. The summed E-state index contributed by atoms with van der Waals surface area (Å²) in [4.78, 5) is 23.6. The zero-order chi connectivity index (χ0) is 21.0. The van der Waals surface area contributed by atoms with E-state index in [1.165, 1.54) is 6.07 Å². The van der Waals surface area contributed by atoms with Crippen molar-refractivity contribution in [2.45, 2.75) is 13.3 Å². The molecule has 0 saturated carbocycles. The lowest BCUT2D eigenvalue weighted by Gasteiger charge is -2.11. The molecule has 3 aromatic rings. The number of carbonyl (C=O) groups excluding carboxylic acids is 1. The molecule has 0 spiro atoms. The summed E-state index contributed by atoms with van der Waals surface area (Å²) < 4.78 is 16.0. The van der Waals surface area contributed by atoms with Gasteiger partial charge in [0.05, 0.1) is 20.6 Å². The molecule has 0 radical (unpaired) electrons. The first-order valence-corrected chi connectivity index (χ1v) is 8.86. The van der Waals surface area contributed by atoms with Crippen molar-refractivity contribution in [3.8, 4) is 22.8 Å². The zero-order valence-electron chi connectivity index (χ0n) is 16.3. The smallest absolute Gasteiger partial charge is 0.339 e. The third kappa shape index (κ3) is 4.57. The van der Waals surface area contributed by atoms with E-state index in [0.29, 0.717) is 28.7 Å². The molecule has 0 aliphatic rings. The lowest BCUT2D eigenvalue weighted by atomic mass is 10.1. The number of hydrogen-bond donors (Lipinski definition) is 2. The Kier molecular flexibility index (Phi) is 5.87. The number of aromatic carboxylic acids is 1. The summed E-state index contributed by atoms with van der Waals surface area (Å²) in [5.41, 5.74) is 2.21. The number of amides is 1. The third-order valence-corrected chi connectivity index (χ3v) is 4.45. The number of carboxylic acid groups (broad SMARTS) is 1. The SMILES string of the molecule is COc1ccc(CC(=O)Nc2ccc(-c3cc(C(=O)O)c(C)o3)cc2)c(OC)c1. The summed E-state index contributed by atoms with van der Waals surface area (Å²) in [5.74, 6) is 0.815. The van der Waals surface area contributed by atoms with Gasteiger partial charge in [0.15, 0.2) is 0 Å². The number of furan rings is 1. The second kappa shape index (κ2) is 8.52. The van der Waals surface area contributed by atoms with Gasteiger partial charge in [-0.1, -0.05) is 6.07 Å². The highest BCUT2D eigenvalue weighted by Gasteiger charge is 2.15. The maximum atomic E-state index is 12.4. The molecule has 0 bridgehead atoms. The quantitative estimate of drug-likeness (QED) is 0.624. The van der Waals surface area contributed by atoms with Crippen LogP contribution in [0.15, 0.2) is 52.9 Å². The first-order valence-electron chi connectivity index (χ1n) is 8.86. The van der Waals surface area contributed by atoms with Crippen LogP contribution in [-0.4, -0.2) is 31.2 Å². The summed E-state index contributed by atoms with van der Waals surface area (Å²) in [6, 6.07) is 13.8. The molecular formula is C22H21NO6. The van der Waals surface area contributed by atoms with E-state index in [1.807, 2.05) is 0 Å². The highest BCUT2D eigenvalue weighted by molar-refractivity contribution is 5.93. The minimum Gasteiger partial charge on any atom is -0.497 e. The Morgan fingerprint density at radius 1 is 1.03 bits per heavy atom. The molecule has 7 nitrogen and oxygen atoms in total. The zero-order valence-corrected chi connectivity index (χ0v) is 16.3. The number of benzene rings is 2. The molecular weight excluding hydrogens is 374 g/mol. The Bertz CT molecular complexity index is 1040. The summed E-state index contributed by atoms with van der Waals surface area (Å²) in [7, 11) is 3.11. The maximum Gasteiger partial charge on any atom is 0.339 e. The molecule has 0 atom stereocenters. The molecule has 150 valence electrons. The van der Waals surface area contributed by atoms with Gasteiger partial charge >= 0.3 is 5.97 Å². The highest BCUT2D eigenvalue weighted by Crippen LogP contribution is 2.27. The van der Waals surface area contributed by atoms with E-state index in [4.69, 9.17) is 19.0 Å². The Morgan fingerprint density at radius 2 is 1.76 bits per heavy atom. The maximum absolute atomic E-state index is 12.4. The Balaban J connectivity index is 1.69. The topological polar surface area (TPSA) is 98.0 Å². The molecule has 0 fully saturated rings. The van der Waals surface area contributed by atoms with Gasteiger partial charge in [-0.3, -0.25) is 4.79 Å². The van der Waals surface area contributed by atoms with Crippen LogP contribution in [0.5, 0.6) is 11.5 Å². The predicted octanol–water partition coefficient (Wildman–Crippen LogP) is 4.15. The number of methoxy groups -OCH3 is 2. The summed E-state index contributed by atoms with van der Waals surface area (Å²) in [6.45, 7) is 1.61. The van der Waals surface area contributed by atoms with Crippen LogP contribution in [0.1, 0.15) is 21.7 Å². The van der Waals surface area contributed by atoms with Crippen molar-refractivity contribution in [1.82, 2.24) is 0 Å². The standard InChI is InChI=1S/C22H21NO6/c1-13-18(22(25)26)12-20(29-13)14-4-7-16(8-5-14)23-21(24)10-15-6-9-17(27-2)11-19(15)28-3/h4-9,11-12H,10H2,1-3H3,(H,23,24)(H,25,26). The Hall–Kier alpha value is -3.74. The van der Waals surface area contributed by atoms with E-state index >= 15 is 0 Å². The lowest BCUT2D eigenvalue weighted by molar-refractivity contribution is -0.115. The van der Waals surface area contributed by atoms with E-state index in [-0.39, 0.29) is 17.9 Å². The van der Waals surface area contributed by atoms with Crippen molar-refractivity contribution in [2.24, 2.45) is 0 Å². The van der Waals surface area contributed by atoms with Crippen molar-refractivity contribution in [2.75, 3.05) is 19.5 Å². The Labute approximate surface area is 167 Å². The number of rotatable bonds is 7. The molecule has 29 heavy (non-hydrogen) atoms. The molecule has 1 amide bonds. The largest absolute Gasteiger partial charge is 0.497 e. The number of carboxylic acids is 1. The third-order valence-electron chi connectivity index (χ3n) is 4.45. The summed E-state index contributed by atoms with van der Waals surface area (Å²) in [6.07, 6.45) is 0.147. The van der Waals surface area contributed by atoms with Crippen LogP contribution in [0.25, 0.3) is 11.3 Å². The molecule has 7 heteroatoms. The minimum atomic E-state index is -1.03. The molecule has 0 saturated heterocycles. The first kappa shape index (κ1) is 20.0. The second-order valence-corrected chi connectivity index (χ2v) is 6.37. The average Bonchev–Trinajstić information content (AvgIpc) is 3.10. The summed E-state index contributed by atoms with van der Waals surface area (Å²) in [5, 5.41) is 12.0. The molecule has 2 N–H and O–H groups in total. The first-order chi connectivity index (χ1) is 13.9. The van der Waals surface area contributed by atoms with Gasteiger partial charge in [0.1, 0.15) is 28.6 Å². The van der Waals surface area contributed by atoms with Gasteiger partial charge in [-0.05, 0) is 43.3 Å². The van der Waals surface area contributed by atoms with E-state index in [9.17, 15) is 9.59 Å². The predicted molar refractivity (Wildman–Crippen MR) is 108 cm³/mol. The van der Waals surface area contributed by atoms with Crippen LogP contribution in [0.3, 0.4) is 0 Å². The molecule has 0 unspecified atom stereocenters. The molecule has 0 aliphatic carbocycles. The number of carbonyl (C=O) groups is 2. The minimum absolute atomic E-state index is 0.130. The fourth-order valence-corrected chi connectivity index (χ4v) is 2.93. The van der Waals surface area contributed by atoms with Crippen molar-refractivity contribution in [1.29, 1.82) is 0 Å². The number of nitrogens with one attached hydrogen (secondary N) is 1. The van der Waals surface area contributed by atoms with E-state index < -0.39 is 5.97 Å². The normalized spacial score (nSPS) is 10.4. The summed E-state index contributed by atoms with van der Waals surface area (Å²) >= 11 is 0. The highest BCUT2D eigenvalue weighted by atomic mass is 16.5. The van der Waals surface area contributed by atoms with Crippen LogP contribution in [0, 0.1) is 6.92 Å². The van der Waals surface area contributed by atoms with Crippen molar-refractivity contribution >= 4 is 17.6 Å². The van der Waals surface area contributed by atoms with Gasteiger partial charge in [0, 0.05) is 22.9 Å². The van der Waals surface area contributed by atoms with Gasteiger partial charge in [-0.2, -0.15) is 0 Å².